The van der Waals surface area contributed by atoms with Gasteiger partial charge in [0.05, 0.1) is 22.9 Å². The van der Waals surface area contributed by atoms with Gasteiger partial charge in [-0.15, -0.1) is 0 Å². The van der Waals surface area contributed by atoms with Crippen LogP contribution >= 0.6 is 0 Å². The maximum atomic E-state index is 10.8. The molecule has 90 valence electrons. The molecular weight excluding hydrogens is 236 g/mol. The summed E-state index contributed by atoms with van der Waals surface area (Å²) >= 11 is 0. The smallest absolute Gasteiger partial charge is 0.335 e. The zero-order valence-corrected chi connectivity index (χ0v) is 9.03. The van der Waals surface area contributed by atoms with E-state index in [1.807, 2.05) is 0 Å². The van der Waals surface area contributed by atoms with Crippen molar-refractivity contribution in [3.8, 4) is 11.4 Å². The molecule has 2 aromatic heterocycles. The summed E-state index contributed by atoms with van der Waals surface area (Å²) in [5, 5.41) is 19.6. The van der Waals surface area contributed by atoms with Crippen molar-refractivity contribution in [2.24, 2.45) is 0 Å². The minimum atomic E-state index is -1.33. The van der Waals surface area contributed by atoms with Crippen LogP contribution in [0.2, 0.25) is 0 Å². The Morgan fingerprint density at radius 1 is 1.00 bits per heavy atom. The van der Waals surface area contributed by atoms with Crippen molar-refractivity contribution >= 4 is 11.9 Å². The highest BCUT2D eigenvalue weighted by Crippen LogP contribution is 2.16. The zero-order valence-electron chi connectivity index (χ0n) is 9.03. The average molecular weight is 243 g/mol. The Morgan fingerprint density at radius 2 is 1.50 bits per heavy atom. The van der Waals surface area contributed by atoms with Crippen LogP contribution in [0.5, 0.6) is 0 Å². The Labute approximate surface area is 102 Å². The van der Waals surface area contributed by atoms with E-state index >= 15 is 0 Å². The molecule has 0 aliphatic heterocycles. The van der Waals surface area contributed by atoms with E-state index in [0.29, 0.717) is 0 Å². The molecule has 2 heterocycles. The largest absolute Gasteiger partial charge is 0.545 e. The molecule has 0 spiro atoms. The van der Waals surface area contributed by atoms with Crippen molar-refractivity contribution in [2.75, 3.05) is 0 Å². The van der Waals surface area contributed by atoms with Crippen LogP contribution in [0.4, 0.5) is 0 Å². The molecule has 1 N–H and O–H groups in total. The second-order valence-corrected chi connectivity index (χ2v) is 3.45. The average Bonchev–Trinajstić information content (AvgIpc) is 2.39. The number of hydrogen-bond donors (Lipinski definition) is 1. The zero-order chi connectivity index (χ0) is 13.1. The number of carbonyl (C=O) groups is 2. The molecule has 0 atom stereocenters. The van der Waals surface area contributed by atoms with Gasteiger partial charge in [-0.3, -0.25) is 9.97 Å². The summed E-state index contributed by atoms with van der Waals surface area (Å²) in [4.78, 5) is 29.4. The first-order chi connectivity index (χ1) is 8.58. The van der Waals surface area contributed by atoms with Crippen molar-refractivity contribution in [3.63, 3.8) is 0 Å². The van der Waals surface area contributed by atoms with Crippen LogP contribution in [-0.4, -0.2) is 27.0 Å². The van der Waals surface area contributed by atoms with Gasteiger partial charge in [0.2, 0.25) is 0 Å². The van der Waals surface area contributed by atoms with Crippen molar-refractivity contribution in [3.05, 3.63) is 47.8 Å². The van der Waals surface area contributed by atoms with Gasteiger partial charge >= 0.3 is 5.97 Å². The fourth-order valence-electron chi connectivity index (χ4n) is 1.40. The minimum Gasteiger partial charge on any atom is -0.545 e. The third kappa shape index (κ3) is 2.32. The van der Waals surface area contributed by atoms with Crippen LogP contribution in [0.25, 0.3) is 11.4 Å². The number of carboxylic acids is 2. The highest BCUT2D eigenvalue weighted by atomic mass is 16.4. The normalized spacial score (nSPS) is 10.0. The third-order valence-electron chi connectivity index (χ3n) is 2.26. The minimum absolute atomic E-state index is 0.0393. The van der Waals surface area contributed by atoms with Crippen LogP contribution in [0.3, 0.4) is 0 Å². The Bertz CT molecular complexity index is 569. The summed E-state index contributed by atoms with van der Waals surface area (Å²) in [5.41, 5.74) is 0.584. The molecule has 0 saturated carbocycles. The van der Waals surface area contributed by atoms with Crippen molar-refractivity contribution in [1.82, 2.24) is 9.97 Å². The third-order valence-corrected chi connectivity index (χ3v) is 2.26. The molecule has 0 unspecified atom stereocenters. The lowest BCUT2D eigenvalue weighted by Gasteiger charge is -2.05. The number of carbonyl (C=O) groups excluding carboxylic acids is 1. The van der Waals surface area contributed by atoms with Crippen molar-refractivity contribution in [2.45, 2.75) is 0 Å². The number of carboxylic acid groups (broad SMARTS) is 2. The number of rotatable bonds is 3. The second-order valence-electron chi connectivity index (χ2n) is 3.45. The highest BCUT2D eigenvalue weighted by molar-refractivity contribution is 5.89. The Balaban J connectivity index is 2.48. The van der Waals surface area contributed by atoms with Gasteiger partial charge in [-0.1, -0.05) is 0 Å². The number of hydrogen-bond acceptors (Lipinski definition) is 5. The lowest BCUT2D eigenvalue weighted by Crippen LogP contribution is -2.22. The number of pyridine rings is 2. The predicted molar refractivity (Wildman–Crippen MR) is 58.8 cm³/mol. The molecule has 2 rings (SSSR count). The molecule has 0 radical (unpaired) electrons. The van der Waals surface area contributed by atoms with E-state index in [1.54, 1.807) is 0 Å². The summed E-state index contributed by atoms with van der Waals surface area (Å²) in [6, 6.07) is 5.24. The van der Waals surface area contributed by atoms with E-state index in [2.05, 4.69) is 9.97 Å². The van der Waals surface area contributed by atoms with Gasteiger partial charge in [0.25, 0.3) is 0 Å². The first kappa shape index (κ1) is 11.7. The Kier molecular flexibility index (Phi) is 3.01. The number of nitrogens with zero attached hydrogens (tertiary/aromatic N) is 2. The Hall–Kier alpha value is -2.76. The molecule has 0 aliphatic rings. The molecule has 0 aliphatic carbocycles. The molecule has 0 saturated heterocycles. The SMILES string of the molecule is O=C([O-])c1ccnc(-c2cc(C(=O)O)ccn2)c1. The van der Waals surface area contributed by atoms with Crippen LogP contribution in [-0.2, 0) is 0 Å². The van der Waals surface area contributed by atoms with E-state index in [4.69, 9.17) is 5.11 Å². The van der Waals surface area contributed by atoms with Gasteiger partial charge in [-0.25, -0.2) is 4.79 Å². The molecule has 0 bridgehead atoms. The summed E-state index contributed by atoms with van der Waals surface area (Å²) < 4.78 is 0. The van der Waals surface area contributed by atoms with E-state index in [1.165, 1.54) is 36.7 Å². The maximum Gasteiger partial charge on any atom is 0.335 e. The fourth-order valence-corrected chi connectivity index (χ4v) is 1.40. The van der Waals surface area contributed by atoms with Crippen LogP contribution < -0.4 is 5.11 Å². The van der Waals surface area contributed by atoms with Crippen molar-refractivity contribution in [1.29, 1.82) is 0 Å². The van der Waals surface area contributed by atoms with Gasteiger partial charge in [-0.2, -0.15) is 0 Å². The van der Waals surface area contributed by atoms with E-state index in [9.17, 15) is 14.7 Å². The predicted octanol–water partition coefficient (Wildman–Crippen LogP) is 0.205. The first-order valence-electron chi connectivity index (χ1n) is 4.95. The molecule has 0 aromatic carbocycles. The molecule has 0 amide bonds. The molecule has 2 aromatic rings. The lowest BCUT2D eigenvalue weighted by atomic mass is 10.1. The summed E-state index contributed by atoms with van der Waals surface area (Å²) in [5.74, 6) is -2.41. The fraction of sp³-hybridized carbons (Fsp3) is 0. The molecule has 6 heteroatoms. The maximum absolute atomic E-state index is 10.8. The summed E-state index contributed by atoms with van der Waals surface area (Å²) in [6.45, 7) is 0. The van der Waals surface area contributed by atoms with Gasteiger partial charge in [0.1, 0.15) is 0 Å². The standard InChI is InChI=1S/C12H8N2O4/c15-11(16)7-1-3-13-9(5-7)10-6-8(12(17)18)2-4-14-10/h1-6H,(H,15,16)(H,17,18)/p-1. The number of aromatic carboxylic acids is 2. The number of aromatic nitrogens is 2. The molecule has 0 fully saturated rings. The van der Waals surface area contributed by atoms with E-state index < -0.39 is 11.9 Å². The van der Waals surface area contributed by atoms with E-state index in [0.717, 1.165) is 0 Å². The molecule has 18 heavy (non-hydrogen) atoms. The molecule has 6 nitrogen and oxygen atoms in total. The monoisotopic (exact) mass is 243 g/mol. The molecular formula is C12H7N2O4-. The van der Waals surface area contributed by atoms with E-state index in [-0.39, 0.29) is 22.5 Å². The van der Waals surface area contributed by atoms with Crippen molar-refractivity contribution < 1.29 is 19.8 Å². The summed E-state index contributed by atoms with van der Waals surface area (Å²) in [6.07, 6.45) is 2.63. The lowest BCUT2D eigenvalue weighted by molar-refractivity contribution is -0.255. The van der Waals surface area contributed by atoms with Gasteiger partial charge in [0, 0.05) is 18.0 Å². The van der Waals surface area contributed by atoms with Gasteiger partial charge in [-0.05, 0) is 24.3 Å². The van der Waals surface area contributed by atoms with Gasteiger partial charge < -0.3 is 15.0 Å². The topological polar surface area (TPSA) is 103 Å². The quantitative estimate of drug-likeness (QED) is 0.826. The van der Waals surface area contributed by atoms with Gasteiger partial charge in [0.15, 0.2) is 0 Å². The second kappa shape index (κ2) is 4.62. The van der Waals surface area contributed by atoms with Crippen LogP contribution in [0.15, 0.2) is 36.7 Å². The Morgan fingerprint density at radius 3 is 2.00 bits per heavy atom. The van der Waals surface area contributed by atoms with Crippen LogP contribution in [0.1, 0.15) is 20.7 Å². The van der Waals surface area contributed by atoms with Crippen LogP contribution in [0, 0.1) is 0 Å². The summed E-state index contributed by atoms with van der Waals surface area (Å²) in [7, 11) is 0. The highest BCUT2D eigenvalue weighted by Gasteiger charge is 2.07. The first-order valence-corrected chi connectivity index (χ1v) is 4.95.